The van der Waals surface area contributed by atoms with Crippen molar-refractivity contribution < 1.29 is 4.79 Å². The summed E-state index contributed by atoms with van der Waals surface area (Å²) in [6, 6.07) is 0. The first-order valence-corrected chi connectivity index (χ1v) is 4.85. The third kappa shape index (κ3) is 2.14. The molecule has 14 heavy (non-hydrogen) atoms. The molecule has 0 aromatic carbocycles. The molecule has 0 spiro atoms. The molecule has 1 unspecified atom stereocenters. The average Bonchev–Trinajstić information content (AvgIpc) is 2.72. The Labute approximate surface area is 82.8 Å². The van der Waals surface area contributed by atoms with Crippen LogP contribution < -0.4 is 5.32 Å². The summed E-state index contributed by atoms with van der Waals surface area (Å²) >= 11 is 0. The molecular weight excluding hydrogens is 178 g/mol. The Morgan fingerprint density at radius 2 is 2.29 bits per heavy atom. The van der Waals surface area contributed by atoms with Crippen LogP contribution in [0.5, 0.6) is 0 Å². The maximum Gasteiger partial charge on any atom is 0.166 e. The lowest BCUT2D eigenvalue weighted by atomic mass is 9.99. The van der Waals surface area contributed by atoms with Crippen molar-refractivity contribution >= 4 is 5.78 Å². The Balaban J connectivity index is 1.95. The standard InChI is InChI=1S/C10H13N3O/c14-10(3-8-1-2-11-4-8)9-5-12-7-13-6-9/h5-8,11H,1-4H2. The van der Waals surface area contributed by atoms with E-state index >= 15 is 0 Å². The van der Waals surface area contributed by atoms with Gasteiger partial charge in [-0.3, -0.25) is 4.79 Å². The van der Waals surface area contributed by atoms with Gasteiger partial charge in [0.25, 0.3) is 0 Å². The van der Waals surface area contributed by atoms with E-state index in [0.29, 0.717) is 17.9 Å². The summed E-state index contributed by atoms with van der Waals surface area (Å²) in [7, 11) is 0. The van der Waals surface area contributed by atoms with Gasteiger partial charge in [0.15, 0.2) is 5.78 Å². The van der Waals surface area contributed by atoms with Gasteiger partial charge in [-0.1, -0.05) is 0 Å². The number of hydrogen-bond acceptors (Lipinski definition) is 4. The van der Waals surface area contributed by atoms with E-state index in [9.17, 15) is 4.79 Å². The maximum atomic E-state index is 11.7. The van der Waals surface area contributed by atoms with E-state index in [1.807, 2.05) is 0 Å². The molecule has 0 bridgehead atoms. The Kier molecular flexibility index (Phi) is 2.84. The number of carbonyl (C=O) groups excluding carboxylic acids is 1. The van der Waals surface area contributed by atoms with Crippen LogP contribution in [-0.2, 0) is 0 Å². The second-order valence-corrected chi connectivity index (χ2v) is 3.61. The minimum Gasteiger partial charge on any atom is -0.316 e. The van der Waals surface area contributed by atoms with Gasteiger partial charge >= 0.3 is 0 Å². The van der Waals surface area contributed by atoms with E-state index in [4.69, 9.17) is 0 Å². The van der Waals surface area contributed by atoms with Crippen molar-refractivity contribution in [3.8, 4) is 0 Å². The molecular formula is C10H13N3O. The van der Waals surface area contributed by atoms with Gasteiger partial charge in [-0.25, -0.2) is 9.97 Å². The van der Waals surface area contributed by atoms with Crippen LogP contribution in [-0.4, -0.2) is 28.8 Å². The molecule has 1 aliphatic heterocycles. The molecule has 74 valence electrons. The second-order valence-electron chi connectivity index (χ2n) is 3.61. The van der Waals surface area contributed by atoms with Crippen LogP contribution in [0, 0.1) is 5.92 Å². The molecule has 1 N–H and O–H groups in total. The number of aromatic nitrogens is 2. The first kappa shape index (κ1) is 9.27. The number of ketones is 1. The Morgan fingerprint density at radius 1 is 1.50 bits per heavy atom. The third-order valence-corrected chi connectivity index (χ3v) is 2.52. The zero-order valence-corrected chi connectivity index (χ0v) is 7.94. The van der Waals surface area contributed by atoms with Crippen molar-refractivity contribution in [1.82, 2.24) is 15.3 Å². The summed E-state index contributed by atoms with van der Waals surface area (Å²) in [5, 5.41) is 3.25. The van der Waals surface area contributed by atoms with Gasteiger partial charge in [-0.05, 0) is 25.4 Å². The summed E-state index contributed by atoms with van der Waals surface area (Å²) in [5.41, 5.74) is 0.624. The Hall–Kier alpha value is -1.29. The summed E-state index contributed by atoms with van der Waals surface area (Å²) in [5.74, 6) is 0.641. The second kappa shape index (κ2) is 4.28. The predicted molar refractivity (Wildman–Crippen MR) is 52.0 cm³/mol. The quantitative estimate of drug-likeness (QED) is 0.713. The molecule has 1 aromatic rings. The van der Waals surface area contributed by atoms with Gasteiger partial charge < -0.3 is 5.32 Å². The third-order valence-electron chi connectivity index (χ3n) is 2.52. The zero-order chi connectivity index (χ0) is 9.80. The maximum absolute atomic E-state index is 11.7. The molecule has 1 aliphatic rings. The molecule has 1 fully saturated rings. The highest BCUT2D eigenvalue weighted by atomic mass is 16.1. The normalized spacial score (nSPS) is 21.0. The molecule has 4 heteroatoms. The van der Waals surface area contributed by atoms with Gasteiger partial charge in [0.1, 0.15) is 6.33 Å². The van der Waals surface area contributed by atoms with Crippen molar-refractivity contribution in [2.24, 2.45) is 5.92 Å². The average molecular weight is 191 g/mol. The van der Waals surface area contributed by atoms with Gasteiger partial charge in [-0.15, -0.1) is 0 Å². The molecule has 2 heterocycles. The number of nitrogens with one attached hydrogen (secondary N) is 1. The number of rotatable bonds is 3. The number of Topliss-reactive ketones (excluding diaryl/α,β-unsaturated/α-hetero) is 1. The molecule has 1 saturated heterocycles. The van der Waals surface area contributed by atoms with E-state index in [1.54, 1.807) is 12.4 Å². The Bertz CT molecular complexity index is 306. The molecule has 1 atom stereocenters. The van der Waals surface area contributed by atoms with Crippen molar-refractivity contribution in [2.75, 3.05) is 13.1 Å². The first-order chi connectivity index (χ1) is 6.86. The fourth-order valence-corrected chi connectivity index (χ4v) is 1.71. The SMILES string of the molecule is O=C(CC1CCNC1)c1cncnc1. The highest BCUT2D eigenvalue weighted by molar-refractivity contribution is 5.95. The van der Waals surface area contributed by atoms with Crippen LogP contribution >= 0.6 is 0 Å². The van der Waals surface area contributed by atoms with Gasteiger partial charge in [0.05, 0.1) is 5.56 Å². The van der Waals surface area contributed by atoms with Crippen LogP contribution in [0.25, 0.3) is 0 Å². The molecule has 0 radical (unpaired) electrons. The summed E-state index contributed by atoms with van der Waals surface area (Å²) in [4.78, 5) is 19.4. The van der Waals surface area contributed by atoms with Gasteiger partial charge in [0, 0.05) is 18.8 Å². The summed E-state index contributed by atoms with van der Waals surface area (Å²) in [6.07, 6.45) is 6.31. The molecule has 0 aliphatic carbocycles. The number of nitrogens with zero attached hydrogens (tertiary/aromatic N) is 2. The fraction of sp³-hybridized carbons (Fsp3) is 0.500. The van der Waals surface area contributed by atoms with E-state index < -0.39 is 0 Å². The van der Waals surface area contributed by atoms with Crippen molar-refractivity contribution in [2.45, 2.75) is 12.8 Å². The minimum absolute atomic E-state index is 0.152. The largest absolute Gasteiger partial charge is 0.316 e. The first-order valence-electron chi connectivity index (χ1n) is 4.85. The zero-order valence-electron chi connectivity index (χ0n) is 7.94. The van der Waals surface area contributed by atoms with Crippen LogP contribution in [0.1, 0.15) is 23.2 Å². The van der Waals surface area contributed by atoms with E-state index in [-0.39, 0.29) is 5.78 Å². The molecule has 4 nitrogen and oxygen atoms in total. The lowest BCUT2D eigenvalue weighted by Crippen LogP contribution is -2.13. The van der Waals surface area contributed by atoms with E-state index in [2.05, 4.69) is 15.3 Å². The van der Waals surface area contributed by atoms with Crippen molar-refractivity contribution in [3.63, 3.8) is 0 Å². The van der Waals surface area contributed by atoms with Crippen LogP contribution in [0.2, 0.25) is 0 Å². The molecule has 0 amide bonds. The topological polar surface area (TPSA) is 54.9 Å². The van der Waals surface area contributed by atoms with E-state index in [0.717, 1.165) is 19.5 Å². The van der Waals surface area contributed by atoms with Gasteiger partial charge in [-0.2, -0.15) is 0 Å². The summed E-state index contributed by atoms with van der Waals surface area (Å²) < 4.78 is 0. The van der Waals surface area contributed by atoms with Gasteiger partial charge in [0.2, 0.25) is 0 Å². The fourth-order valence-electron chi connectivity index (χ4n) is 1.71. The van der Waals surface area contributed by atoms with Crippen molar-refractivity contribution in [3.05, 3.63) is 24.3 Å². The number of hydrogen-bond donors (Lipinski definition) is 1. The predicted octanol–water partition coefficient (Wildman–Crippen LogP) is 0.659. The molecule has 1 aromatic heterocycles. The molecule has 0 saturated carbocycles. The van der Waals surface area contributed by atoms with Crippen LogP contribution in [0.4, 0.5) is 0 Å². The highest BCUT2D eigenvalue weighted by Crippen LogP contribution is 2.14. The van der Waals surface area contributed by atoms with Crippen LogP contribution in [0.3, 0.4) is 0 Å². The monoisotopic (exact) mass is 191 g/mol. The lowest BCUT2D eigenvalue weighted by molar-refractivity contribution is 0.0964. The van der Waals surface area contributed by atoms with Crippen LogP contribution in [0.15, 0.2) is 18.7 Å². The minimum atomic E-state index is 0.152. The molecule has 2 rings (SSSR count). The lowest BCUT2D eigenvalue weighted by Gasteiger charge is -2.05. The Morgan fingerprint density at radius 3 is 2.93 bits per heavy atom. The van der Waals surface area contributed by atoms with Crippen molar-refractivity contribution in [1.29, 1.82) is 0 Å². The summed E-state index contributed by atoms with van der Waals surface area (Å²) in [6.45, 7) is 1.99. The van der Waals surface area contributed by atoms with E-state index in [1.165, 1.54) is 6.33 Å². The highest BCUT2D eigenvalue weighted by Gasteiger charge is 2.18. The number of carbonyl (C=O) groups is 1. The smallest absolute Gasteiger partial charge is 0.166 e.